The minimum Gasteiger partial charge on any atom is -0.467 e. The fraction of sp³-hybridized carbons (Fsp3) is 0.357. The number of nitrogens with one attached hydrogen (secondary N) is 1. The summed E-state index contributed by atoms with van der Waals surface area (Å²) in [6, 6.07) is 1.50. The largest absolute Gasteiger partial charge is 0.467 e. The molecule has 0 fully saturated rings. The van der Waals surface area contributed by atoms with Crippen molar-refractivity contribution in [1.29, 1.82) is 0 Å². The first-order chi connectivity index (χ1) is 10.1. The van der Waals surface area contributed by atoms with E-state index < -0.39 is 5.91 Å². The SMILES string of the molecule is NC(=O)c1coc(CNC(=O)c2onc3c2CCCC3)c1. The molecule has 0 radical (unpaired) electrons. The summed E-state index contributed by atoms with van der Waals surface area (Å²) in [4.78, 5) is 23.1. The van der Waals surface area contributed by atoms with Gasteiger partial charge in [-0.2, -0.15) is 0 Å². The first-order valence-electron chi connectivity index (χ1n) is 6.78. The number of hydrogen-bond acceptors (Lipinski definition) is 5. The van der Waals surface area contributed by atoms with Crippen LogP contribution in [0.4, 0.5) is 0 Å². The van der Waals surface area contributed by atoms with Gasteiger partial charge in [-0.25, -0.2) is 0 Å². The molecule has 2 heterocycles. The molecule has 110 valence electrons. The normalized spacial score (nSPS) is 13.7. The maximum Gasteiger partial charge on any atom is 0.290 e. The number of primary amides is 1. The molecule has 7 heteroatoms. The predicted octanol–water partition coefficient (Wildman–Crippen LogP) is 1.18. The second-order valence-electron chi connectivity index (χ2n) is 4.99. The third-order valence-electron chi connectivity index (χ3n) is 3.53. The van der Waals surface area contributed by atoms with Crippen LogP contribution in [-0.4, -0.2) is 17.0 Å². The van der Waals surface area contributed by atoms with Crippen LogP contribution in [0.3, 0.4) is 0 Å². The Bertz CT molecular complexity index is 686. The van der Waals surface area contributed by atoms with Crippen LogP contribution in [0, 0.1) is 0 Å². The number of furan rings is 1. The van der Waals surface area contributed by atoms with Gasteiger partial charge in [-0.15, -0.1) is 0 Å². The van der Waals surface area contributed by atoms with Gasteiger partial charge in [-0.1, -0.05) is 5.16 Å². The van der Waals surface area contributed by atoms with E-state index >= 15 is 0 Å². The Morgan fingerprint density at radius 1 is 1.33 bits per heavy atom. The van der Waals surface area contributed by atoms with E-state index in [4.69, 9.17) is 14.7 Å². The van der Waals surface area contributed by atoms with Gasteiger partial charge in [0.2, 0.25) is 5.76 Å². The summed E-state index contributed by atoms with van der Waals surface area (Å²) in [6.45, 7) is 0.154. The summed E-state index contributed by atoms with van der Waals surface area (Å²) in [5.41, 5.74) is 7.18. The summed E-state index contributed by atoms with van der Waals surface area (Å²) in [7, 11) is 0. The van der Waals surface area contributed by atoms with E-state index in [0.29, 0.717) is 5.76 Å². The van der Waals surface area contributed by atoms with E-state index in [1.54, 1.807) is 0 Å². The average Bonchev–Trinajstić information content (AvgIpc) is 3.11. The molecule has 2 aromatic rings. The Morgan fingerprint density at radius 2 is 2.14 bits per heavy atom. The smallest absolute Gasteiger partial charge is 0.290 e. The van der Waals surface area contributed by atoms with Crippen molar-refractivity contribution in [3.8, 4) is 0 Å². The molecular formula is C14H15N3O4. The molecule has 2 amide bonds. The topological polar surface area (TPSA) is 111 Å². The number of nitrogens with two attached hydrogens (primary N) is 1. The molecule has 21 heavy (non-hydrogen) atoms. The molecule has 3 N–H and O–H groups in total. The molecule has 7 nitrogen and oxygen atoms in total. The molecule has 0 aromatic carbocycles. The minimum atomic E-state index is -0.569. The highest BCUT2D eigenvalue weighted by molar-refractivity contribution is 5.93. The van der Waals surface area contributed by atoms with Gasteiger partial charge >= 0.3 is 0 Å². The standard InChI is InChI=1S/C14H15N3O4/c15-13(18)8-5-9(20-7-8)6-16-14(19)12-10-3-1-2-4-11(10)17-21-12/h5,7H,1-4,6H2,(H2,15,18)(H,16,19). The number of carbonyl (C=O) groups excluding carboxylic acids is 2. The molecular weight excluding hydrogens is 274 g/mol. The zero-order valence-corrected chi connectivity index (χ0v) is 11.3. The highest BCUT2D eigenvalue weighted by atomic mass is 16.5. The maximum atomic E-state index is 12.1. The number of carbonyl (C=O) groups is 2. The third-order valence-corrected chi connectivity index (χ3v) is 3.53. The van der Waals surface area contributed by atoms with Crippen LogP contribution in [-0.2, 0) is 19.4 Å². The van der Waals surface area contributed by atoms with Crippen molar-refractivity contribution in [2.75, 3.05) is 0 Å². The third kappa shape index (κ3) is 2.67. The lowest BCUT2D eigenvalue weighted by Crippen LogP contribution is -2.23. The summed E-state index contributed by atoms with van der Waals surface area (Å²) in [6.07, 6.45) is 5.04. The van der Waals surface area contributed by atoms with Crippen molar-refractivity contribution < 1.29 is 18.5 Å². The maximum absolute atomic E-state index is 12.1. The van der Waals surface area contributed by atoms with Crippen LogP contribution in [0.5, 0.6) is 0 Å². The van der Waals surface area contributed by atoms with Gasteiger partial charge in [0.1, 0.15) is 12.0 Å². The fourth-order valence-electron chi connectivity index (χ4n) is 2.42. The Morgan fingerprint density at radius 3 is 2.90 bits per heavy atom. The summed E-state index contributed by atoms with van der Waals surface area (Å²) < 4.78 is 10.3. The number of aromatic nitrogens is 1. The van der Waals surface area contributed by atoms with Crippen LogP contribution in [0.1, 0.15) is 50.8 Å². The van der Waals surface area contributed by atoms with E-state index in [2.05, 4.69) is 10.5 Å². The van der Waals surface area contributed by atoms with E-state index in [0.717, 1.165) is 36.9 Å². The quantitative estimate of drug-likeness (QED) is 0.877. The van der Waals surface area contributed by atoms with Crippen molar-refractivity contribution in [1.82, 2.24) is 10.5 Å². The zero-order chi connectivity index (χ0) is 14.8. The van der Waals surface area contributed by atoms with Crippen LogP contribution in [0.2, 0.25) is 0 Å². The van der Waals surface area contributed by atoms with Gasteiger partial charge in [0.15, 0.2) is 0 Å². The van der Waals surface area contributed by atoms with Crippen molar-refractivity contribution in [2.45, 2.75) is 32.2 Å². The van der Waals surface area contributed by atoms with Crippen molar-refractivity contribution in [2.24, 2.45) is 5.73 Å². The molecule has 0 unspecified atom stereocenters. The summed E-state index contributed by atoms with van der Waals surface area (Å²) in [5, 5.41) is 6.62. The summed E-state index contributed by atoms with van der Waals surface area (Å²) in [5.74, 6) is -0.180. The van der Waals surface area contributed by atoms with Gasteiger partial charge in [0.25, 0.3) is 11.8 Å². The number of hydrogen-bond donors (Lipinski definition) is 2. The average molecular weight is 289 g/mol. The first kappa shape index (κ1) is 13.4. The lowest BCUT2D eigenvalue weighted by Gasteiger charge is -2.08. The van der Waals surface area contributed by atoms with E-state index in [9.17, 15) is 9.59 Å². The highest BCUT2D eigenvalue weighted by Gasteiger charge is 2.24. The van der Waals surface area contributed by atoms with Gasteiger partial charge in [-0.3, -0.25) is 9.59 Å². The molecule has 0 bridgehead atoms. The second-order valence-corrected chi connectivity index (χ2v) is 4.99. The van der Waals surface area contributed by atoms with Crippen molar-refractivity contribution >= 4 is 11.8 Å². The second kappa shape index (κ2) is 5.43. The molecule has 0 spiro atoms. The van der Waals surface area contributed by atoms with Crippen LogP contribution in [0.15, 0.2) is 21.3 Å². The Labute approximate surface area is 120 Å². The van der Waals surface area contributed by atoms with Gasteiger partial charge in [-0.05, 0) is 31.7 Å². The Kier molecular flexibility index (Phi) is 3.47. The minimum absolute atomic E-state index is 0.154. The Balaban J connectivity index is 1.66. The molecule has 1 aliphatic carbocycles. The predicted molar refractivity (Wildman–Crippen MR) is 71.5 cm³/mol. The van der Waals surface area contributed by atoms with Crippen LogP contribution in [0.25, 0.3) is 0 Å². The molecule has 0 atom stereocenters. The zero-order valence-electron chi connectivity index (χ0n) is 11.3. The highest BCUT2D eigenvalue weighted by Crippen LogP contribution is 2.23. The van der Waals surface area contributed by atoms with Crippen molar-refractivity contribution in [3.05, 3.63) is 40.7 Å². The van der Waals surface area contributed by atoms with E-state index in [-0.39, 0.29) is 23.8 Å². The molecule has 0 aliphatic heterocycles. The fourth-order valence-corrected chi connectivity index (χ4v) is 2.42. The van der Waals surface area contributed by atoms with Gasteiger partial charge < -0.3 is 20.0 Å². The lowest BCUT2D eigenvalue weighted by atomic mass is 9.96. The first-order valence-corrected chi connectivity index (χ1v) is 6.78. The molecule has 1 aliphatic rings. The molecule has 0 saturated carbocycles. The van der Waals surface area contributed by atoms with Crippen LogP contribution < -0.4 is 11.1 Å². The number of aryl methyl sites for hydroxylation is 1. The molecule has 2 aromatic heterocycles. The Hall–Kier alpha value is -2.57. The summed E-state index contributed by atoms with van der Waals surface area (Å²) >= 11 is 0. The van der Waals surface area contributed by atoms with Crippen molar-refractivity contribution in [3.63, 3.8) is 0 Å². The van der Waals surface area contributed by atoms with Gasteiger partial charge in [0.05, 0.1) is 17.8 Å². The van der Waals surface area contributed by atoms with E-state index in [1.165, 1.54) is 12.3 Å². The number of rotatable bonds is 4. The number of nitrogens with zero attached hydrogens (tertiary/aromatic N) is 1. The number of amides is 2. The van der Waals surface area contributed by atoms with E-state index in [1.807, 2.05) is 0 Å². The monoisotopic (exact) mass is 289 g/mol. The molecule has 0 saturated heterocycles. The van der Waals surface area contributed by atoms with Gasteiger partial charge in [0, 0.05) is 5.56 Å². The molecule has 3 rings (SSSR count). The number of fused-ring (bicyclic) bond motifs is 1. The van der Waals surface area contributed by atoms with Crippen LogP contribution >= 0.6 is 0 Å². The lowest BCUT2D eigenvalue weighted by molar-refractivity contribution is 0.0909.